The number of sulfonamides is 1. The first-order valence-corrected chi connectivity index (χ1v) is 10.3. The molecule has 0 saturated carbocycles. The third-order valence-electron chi connectivity index (χ3n) is 3.59. The van der Waals surface area contributed by atoms with Crippen LogP contribution in [0.25, 0.3) is 0 Å². The first kappa shape index (κ1) is 21.1. The van der Waals surface area contributed by atoms with Crippen molar-refractivity contribution < 1.29 is 27.2 Å². The number of nitrogens with zero attached hydrogens (tertiary/aromatic N) is 1. The van der Waals surface area contributed by atoms with E-state index in [4.69, 9.17) is 9.15 Å². The van der Waals surface area contributed by atoms with Gasteiger partial charge in [0.05, 0.1) is 4.90 Å². The topological polar surface area (TPSA) is 106 Å². The average Bonchev–Trinajstić information content (AvgIpc) is 3.07. The van der Waals surface area contributed by atoms with E-state index in [-0.39, 0.29) is 10.7 Å². The van der Waals surface area contributed by atoms with Crippen LogP contribution in [0.1, 0.15) is 24.4 Å². The maximum absolute atomic E-state index is 12.4. The predicted octanol–water partition coefficient (Wildman–Crippen LogP) is 2.87. The second-order valence-corrected chi connectivity index (χ2v) is 8.06. The molecule has 0 radical (unpaired) electrons. The lowest BCUT2D eigenvalue weighted by molar-refractivity contribution is -0.119. The Morgan fingerprint density at radius 1 is 1.11 bits per heavy atom. The fraction of sp³-hybridized carbons (Fsp3) is 0.294. The molecule has 1 aromatic carbocycles. The van der Waals surface area contributed by atoms with Gasteiger partial charge in [-0.3, -0.25) is 4.79 Å². The van der Waals surface area contributed by atoms with Gasteiger partial charge in [-0.05, 0) is 52.3 Å². The number of furan rings is 1. The molecule has 1 heterocycles. The van der Waals surface area contributed by atoms with Crippen molar-refractivity contribution in [3.8, 4) is 0 Å². The number of rotatable bonds is 8. The summed E-state index contributed by atoms with van der Waals surface area (Å²) < 4.78 is 36.4. The number of carbonyl (C=O) groups excluding carboxylic acids is 2. The van der Waals surface area contributed by atoms with Crippen LogP contribution in [0.2, 0.25) is 0 Å². The largest absolute Gasteiger partial charge is 0.450 e. The zero-order valence-electron chi connectivity index (χ0n) is 14.8. The zero-order chi connectivity index (χ0) is 20.0. The molecule has 0 unspecified atom stereocenters. The number of halogens is 1. The lowest BCUT2D eigenvalue weighted by Gasteiger charge is -2.18. The molecular formula is C17H19BrN2O6S. The molecule has 146 valence electrons. The molecule has 2 aromatic rings. The minimum Gasteiger partial charge on any atom is -0.450 e. The van der Waals surface area contributed by atoms with Gasteiger partial charge >= 0.3 is 5.97 Å². The molecular weight excluding hydrogens is 440 g/mol. The summed E-state index contributed by atoms with van der Waals surface area (Å²) in [6.45, 7) is 3.76. The van der Waals surface area contributed by atoms with Crippen LogP contribution in [0.4, 0.5) is 5.69 Å². The molecule has 0 spiro atoms. The molecule has 0 saturated heterocycles. The second-order valence-electron chi connectivity index (χ2n) is 5.34. The summed E-state index contributed by atoms with van der Waals surface area (Å²) in [6, 6.07) is 8.72. The first-order valence-electron chi connectivity index (χ1n) is 8.10. The summed E-state index contributed by atoms with van der Waals surface area (Å²) in [5.41, 5.74) is 0.385. The molecule has 0 atom stereocenters. The van der Waals surface area contributed by atoms with E-state index < -0.39 is 28.5 Å². The average molecular weight is 459 g/mol. The van der Waals surface area contributed by atoms with Gasteiger partial charge in [-0.15, -0.1) is 0 Å². The SMILES string of the molecule is CCN(CC)S(=O)(=O)c1ccc(NC(=O)COC(=O)c2ccc(Br)o2)cc1. The van der Waals surface area contributed by atoms with Crippen molar-refractivity contribution in [2.75, 3.05) is 25.0 Å². The Labute approximate surface area is 165 Å². The number of amides is 1. The Morgan fingerprint density at radius 3 is 2.26 bits per heavy atom. The number of nitrogens with one attached hydrogen (secondary N) is 1. The number of anilines is 1. The van der Waals surface area contributed by atoms with Gasteiger partial charge in [0.2, 0.25) is 15.8 Å². The van der Waals surface area contributed by atoms with E-state index in [0.717, 1.165) is 0 Å². The van der Waals surface area contributed by atoms with E-state index in [1.807, 2.05) is 0 Å². The second kappa shape index (κ2) is 9.16. The molecule has 1 amide bonds. The van der Waals surface area contributed by atoms with Gasteiger partial charge in [-0.2, -0.15) is 4.31 Å². The molecule has 10 heteroatoms. The highest BCUT2D eigenvalue weighted by Crippen LogP contribution is 2.18. The fourth-order valence-electron chi connectivity index (χ4n) is 2.25. The highest BCUT2D eigenvalue weighted by molar-refractivity contribution is 9.10. The number of carbonyl (C=O) groups is 2. The van der Waals surface area contributed by atoms with E-state index in [9.17, 15) is 18.0 Å². The smallest absolute Gasteiger partial charge is 0.374 e. The molecule has 0 aliphatic heterocycles. The van der Waals surface area contributed by atoms with Crippen LogP contribution >= 0.6 is 15.9 Å². The summed E-state index contributed by atoms with van der Waals surface area (Å²) in [6.07, 6.45) is 0. The molecule has 2 rings (SSSR count). The maximum atomic E-state index is 12.4. The lowest BCUT2D eigenvalue weighted by Crippen LogP contribution is -2.30. The van der Waals surface area contributed by atoms with Crippen LogP contribution in [0, 0.1) is 0 Å². The predicted molar refractivity (Wildman–Crippen MR) is 102 cm³/mol. The molecule has 0 bridgehead atoms. The van der Waals surface area contributed by atoms with Crippen molar-refractivity contribution in [3.05, 3.63) is 46.8 Å². The number of hydrogen-bond acceptors (Lipinski definition) is 6. The van der Waals surface area contributed by atoms with Crippen LogP contribution in [0.5, 0.6) is 0 Å². The van der Waals surface area contributed by atoms with E-state index in [1.165, 1.54) is 40.7 Å². The van der Waals surface area contributed by atoms with Crippen LogP contribution in [0.15, 0.2) is 50.4 Å². The number of esters is 1. The Kier molecular flexibility index (Phi) is 7.17. The van der Waals surface area contributed by atoms with E-state index in [2.05, 4.69) is 21.2 Å². The molecule has 27 heavy (non-hydrogen) atoms. The Bertz CT molecular complexity index is 904. The lowest BCUT2D eigenvalue weighted by atomic mass is 10.3. The van der Waals surface area contributed by atoms with Crippen molar-refractivity contribution in [1.29, 1.82) is 0 Å². The molecule has 1 N–H and O–H groups in total. The summed E-state index contributed by atoms with van der Waals surface area (Å²) in [5.74, 6) is -1.36. The van der Waals surface area contributed by atoms with Crippen LogP contribution in [0.3, 0.4) is 0 Å². The molecule has 0 aliphatic carbocycles. The minimum atomic E-state index is -3.56. The fourth-order valence-corrected chi connectivity index (χ4v) is 4.01. The third-order valence-corrected chi connectivity index (χ3v) is 6.08. The summed E-state index contributed by atoms with van der Waals surface area (Å²) in [7, 11) is -3.56. The van der Waals surface area contributed by atoms with Gasteiger partial charge in [0.25, 0.3) is 5.91 Å². The number of benzene rings is 1. The standard InChI is InChI=1S/C17H19BrN2O6S/c1-3-20(4-2)27(23,24)13-7-5-12(6-8-13)19-16(21)11-25-17(22)14-9-10-15(18)26-14/h5-10H,3-4,11H2,1-2H3,(H,19,21). The van der Waals surface area contributed by atoms with Gasteiger partial charge in [0.15, 0.2) is 11.3 Å². The van der Waals surface area contributed by atoms with Gasteiger partial charge < -0.3 is 14.5 Å². The quantitative estimate of drug-likeness (QED) is 0.609. The van der Waals surface area contributed by atoms with Crippen LogP contribution in [-0.4, -0.2) is 44.3 Å². The van der Waals surface area contributed by atoms with Gasteiger partial charge in [-0.1, -0.05) is 13.8 Å². The molecule has 8 nitrogen and oxygen atoms in total. The summed E-state index contributed by atoms with van der Waals surface area (Å²) in [5, 5.41) is 2.53. The highest BCUT2D eigenvalue weighted by atomic mass is 79.9. The van der Waals surface area contributed by atoms with Gasteiger partial charge in [0, 0.05) is 18.8 Å². The summed E-state index contributed by atoms with van der Waals surface area (Å²) >= 11 is 3.06. The Hall–Kier alpha value is -2.17. The normalized spacial score (nSPS) is 11.4. The Balaban J connectivity index is 1.94. The van der Waals surface area contributed by atoms with E-state index in [0.29, 0.717) is 23.4 Å². The van der Waals surface area contributed by atoms with Gasteiger partial charge in [-0.25, -0.2) is 13.2 Å². The van der Waals surface area contributed by atoms with Crippen molar-refractivity contribution >= 4 is 43.5 Å². The van der Waals surface area contributed by atoms with E-state index in [1.54, 1.807) is 13.8 Å². The number of hydrogen-bond donors (Lipinski definition) is 1. The van der Waals surface area contributed by atoms with Crippen LogP contribution < -0.4 is 5.32 Å². The first-order chi connectivity index (χ1) is 12.8. The summed E-state index contributed by atoms with van der Waals surface area (Å²) in [4.78, 5) is 23.7. The van der Waals surface area contributed by atoms with E-state index >= 15 is 0 Å². The maximum Gasteiger partial charge on any atom is 0.374 e. The van der Waals surface area contributed by atoms with Crippen molar-refractivity contribution in [2.45, 2.75) is 18.7 Å². The minimum absolute atomic E-state index is 0.0272. The molecule has 0 aliphatic rings. The molecule has 1 aromatic heterocycles. The highest BCUT2D eigenvalue weighted by Gasteiger charge is 2.21. The zero-order valence-corrected chi connectivity index (χ0v) is 17.2. The van der Waals surface area contributed by atoms with Crippen molar-refractivity contribution in [2.24, 2.45) is 0 Å². The number of ether oxygens (including phenoxy) is 1. The van der Waals surface area contributed by atoms with Crippen molar-refractivity contribution in [1.82, 2.24) is 4.31 Å². The van der Waals surface area contributed by atoms with Crippen molar-refractivity contribution in [3.63, 3.8) is 0 Å². The Morgan fingerprint density at radius 2 is 1.74 bits per heavy atom. The van der Waals surface area contributed by atoms with Gasteiger partial charge in [0.1, 0.15) is 0 Å². The van der Waals surface area contributed by atoms with Crippen LogP contribution in [-0.2, 0) is 19.6 Å². The monoisotopic (exact) mass is 458 g/mol. The third kappa shape index (κ3) is 5.41. The molecule has 0 fully saturated rings.